The fraction of sp³-hybridized carbons (Fsp3) is 0.333. The molecule has 29 heavy (non-hydrogen) atoms. The van der Waals surface area contributed by atoms with Crippen LogP contribution in [0.15, 0.2) is 48.5 Å². The lowest BCUT2D eigenvalue weighted by Gasteiger charge is -2.30. The zero-order valence-electron chi connectivity index (χ0n) is 15.6. The van der Waals surface area contributed by atoms with Gasteiger partial charge in [0.25, 0.3) is 5.91 Å². The average molecular weight is 406 g/mol. The molecule has 154 valence electrons. The first kappa shape index (κ1) is 20.9. The van der Waals surface area contributed by atoms with Crippen LogP contribution in [0.4, 0.5) is 18.9 Å². The third kappa shape index (κ3) is 5.57. The van der Waals surface area contributed by atoms with Crippen LogP contribution in [0.25, 0.3) is 0 Å². The number of amides is 1. The van der Waals surface area contributed by atoms with E-state index in [2.05, 4.69) is 10.2 Å². The predicted octanol–water partition coefficient (Wildman–Crippen LogP) is 4.25. The van der Waals surface area contributed by atoms with Gasteiger partial charge in [-0.1, -0.05) is 18.2 Å². The molecule has 1 fully saturated rings. The van der Waals surface area contributed by atoms with Gasteiger partial charge in [-0.25, -0.2) is 0 Å². The normalized spacial score (nSPS) is 15.8. The number of alkyl halides is 3. The quantitative estimate of drug-likeness (QED) is 0.779. The van der Waals surface area contributed by atoms with Gasteiger partial charge in [0, 0.05) is 17.8 Å². The van der Waals surface area contributed by atoms with E-state index in [4.69, 9.17) is 5.11 Å². The molecule has 8 heteroatoms. The average Bonchev–Trinajstić information content (AvgIpc) is 2.68. The fourth-order valence-corrected chi connectivity index (χ4v) is 3.38. The number of likely N-dealkylation sites (tertiary alicyclic amines) is 1. The molecule has 0 aliphatic carbocycles. The summed E-state index contributed by atoms with van der Waals surface area (Å²) in [6, 6.07) is 11.4. The van der Waals surface area contributed by atoms with Crippen LogP contribution in [0.5, 0.6) is 0 Å². The van der Waals surface area contributed by atoms with Gasteiger partial charge in [0.2, 0.25) is 0 Å². The predicted molar refractivity (Wildman–Crippen MR) is 101 cm³/mol. The van der Waals surface area contributed by atoms with Crippen molar-refractivity contribution in [2.75, 3.05) is 18.4 Å². The van der Waals surface area contributed by atoms with Crippen LogP contribution in [0.3, 0.4) is 0 Å². The molecule has 1 amide bonds. The van der Waals surface area contributed by atoms with Crippen LogP contribution in [0.1, 0.15) is 34.3 Å². The number of halogens is 3. The molecule has 2 aromatic rings. The molecule has 3 rings (SSSR count). The molecule has 2 aromatic carbocycles. The summed E-state index contributed by atoms with van der Waals surface area (Å²) in [5.74, 6) is -1.68. The zero-order chi connectivity index (χ0) is 21.0. The third-order valence-electron chi connectivity index (χ3n) is 4.98. The maximum Gasteiger partial charge on any atom is 0.416 e. The Hall–Kier alpha value is -2.87. The lowest BCUT2D eigenvalue weighted by molar-refractivity contribution is -0.143. The Bertz CT molecular complexity index is 891. The van der Waals surface area contributed by atoms with Crippen molar-refractivity contribution in [2.24, 2.45) is 5.92 Å². The number of carboxylic acid groups (broad SMARTS) is 1. The summed E-state index contributed by atoms with van der Waals surface area (Å²) >= 11 is 0. The van der Waals surface area contributed by atoms with E-state index < -0.39 is 23.6 Å². The highest BCUT2D eigenvalue weighted by molar-refractivity contribution is 6.04. The Morgan fingerprint density at radius 2 is 1.76 bits per heavy atom. The van der Waals surface area contributed by atoms with E-state index in [-0.39, 0.29) is 11.5 Å². The number of carbonyl (C=O) groups excluding carboxylic acids is 1. The summed E-state index contributed by atoms with van der Waals surface area (Å²) < 4.78 is 38.5. The first-order valence-electron chi connectivity index (χ1n) is 9.25. The van der Waals surface area contributed by atoms with Crippen molar-refractivity contribution in [2.45, 2.75) is 25.6 Å². The molecule has 0 spiro atoms. The standard InChI is InChI=1S/C21H21F3N2O3/c22-21(23,24)17-5-2-4-16(12-17)19(27)25-18-6-1-3-14(11-18)13-26-9-7-15(8-10-26)20(28)29/h1-6,11-12,15H,7-10,13H2,(H,25,27)(H,28,29). The number of nitrogens with zero attached hydrogens (tertiary/aromatic N) is 1. The molecule has 5 nitrogen and oxygen atoms in total. The number of carbonyl (C=O) groups is 2. The second-order valence-corrected chi connectivity index (χ2v) is 7.12. The number of benzene rings is 2. The fourth-order valence-electron chi connectivity index (χ4n) is 3.38. The van der Waals surface area contributed by atoms with E-state index in [1.165, 1.54) is 12.1 Å². The Labute approximate surface area is 166 Å². The number of hydrogen-bond donors (Lipinski definition) is 2. The van der Waals surface area contributed by atoms with Gasteiger partial charge in [0.15, 0.2) is 0 Å². The highest BCUT2D eigenvalue weighted by atomic mass is 19.4. The summed E-state index contributed by atoms with van der Waals surface area (Å²) in [7, 11) is 0. The van der Waals surface area contributed by atoms with Crippen molar-refractivity contribution < 1.29 is 27.9 Å². The van der Waals surface area contributed by atoms with Gasteiger partial charge in [-0.15, -0.1) is 0 Å². The van der Waals surface area contributed by atoms with Gasteiger partial charge in [0.05, 0.1) is 11.5 Å². The lowest BCUT2D eigenvalue weighted by Crippen LogP contribution is -2.35. The van der Waals surface area contributed by atoms with E-state index >= 15 is 0 Å². The Kier molecular flexibility index (Phi) is 6.22. The molecule has 1 heterocycles. The summed E-state index contributed by atoms with van der Waals surface area (Å²) in [5, 5.41) is 11.7. The smallest absolute Gasteiger partial charge is 0.416 e. The van der Waals surface area contributed by atoms with Crippen LogP contribution in [0.2, 0.25) is 0 Å². The number of hydrogen-bond acceptors (Lipinski definition) is 3. The number of rotatable bonds is 5. The van der Waals surface area contributed by atoms with Crippen LogP contribution >= 0.6 is 0 Å². The number of carboxylic acids is 1. The topological polar surface area (TPSA) is 69.6 Å². The summed E-state index contributed by atoms with van der Waals surface area (Å²) in [5.41, 5.74) is 0.482. The largest absolute Gasteiger partial charge is 0.481 e. The second-order valence-electron chi connectivity index (χ2n) is 7.12. The molecule has 0 bridgehead atoms. The van der Waals surface area contributed by atoms with Gasteiger partial charge in [-0.3, -0.25) is 14.5 Å². The molecule has 0 saturated carbocycles. The number of piperidine rings is 1. The third-order valence-corrected chi connectivity index (χ3v) is 4.98. The molecule has 2 N–H and O–H groups in total. The molecule has 0 atom stereocenters. The highest BCUT2D eigenvalue weighted by Gasteiger charge is 2.31. The van der Waals surface area contributed by atoms with Gasteiger partial charge in [-0.2, -0.15) is 13.2 Å². The number of aliphatic carboxylic acids is 1. The van der Waals surface area contributed by atoms with Gasteiger partial charge >= 0.3 is 12.1 Å². The molecule has 0 radical (unpaired) electrons. The van der Waals surface area contributed by atoms with Gasteiger partial charge < -0.3 is 10.4 Å². The van der Waals surface area contributed by atoms with Crippen molar-refractivity contribution in [1.82, 2.24) is 4.90 Å². The summed E-state index contributed by atoms with van der Waals surface area (Å²) in [6.07, 6.45) is -3.31. The number of nitrogens with one attached hydrogen (secondary N) is 1. The van der Waals surface area contributed by atoms with Crippen LogP contribution in [-0.2, 0) is 17.5 Å². The molecule has 1 aliphatic rings. The monoisotopic (exact) mass is 406 g/mol. The minimum atomic E-state index is -4.51. The van der Waals surface area contributed by atoms with E-state index in [1.807, 2.05) is 6.07 Å². The number of anilines is 1. The van der Waals surface area contributed by atoms with E-state index in [1.54, 1.807) is 18.2 Å². The second kappa shape index (κ2) is 8.65. The SMILES string of the molecule is O=C(Nc1cccc(CN2CCC(C(=O)O)CC2)c1)c1cccc(C(F)(F)F)c1. The van der Waals surface area contributed by atoms with E-state index in [0.29, 0.717) is 38.2 Å². The zero-order valence-corrected chi connectivity index (χ0v) is 15.6. The van der Waals surface area contributed by atoms with Gasteiger partial charge in [0.1, 0.15) is 0 Å². The summed E-state index contributed by atoms with van der Waals surface area (Å²) in [4.78, 5) is 25.5. The minimum absolute atomic E-state index is 0.0685. The van der Waals surface area contributed by atoms with Crippen molar-refractivity contribution in [3.05, 3.63) is 65.2 Å². The van der Waals surface area contributed by atoms with E-state index in [9.17, 15) is 22.8 Å². The Morgan fingerprint density at radius 1 is 1.07 bits per heavy atom. The van der Waals surface area contributed by atoms with Crippen LogP contribution in [-0.4, -0.2) is 35.0 Å². The van der Waals surface area contributed by atoms with Crippen molar-refractivity contribution >= 4 is 17.6 Å². The highest BCUT2D eigenvalue weighted by Crippen LogP contribution is 2.29. The van der Waals surface area contributed by atoms with Crippen molar-refractivity contribution in [1.29, 1.82) is 0 Å². The molecule has 1 aliphatic heterocycles. The van der Waals surface area contributed by atoms with Crippen LogP contribution in [0, 0.1) is 5.92 Å². The van der Waals surface area contributed by atoms with Gasteiger partial charge in [-0.05, 0) is 61.8 Å². The molecule has 0 aromatic heterocycles. The molecule has 1 saturated heterocycles. The van der Waals surface area contributed by atoms with Crippen molar-refractivity contribution in [3.8, 4) is 0 Å². The molecule has 0 unspecified atom stereocenters. The van der Waals surface area contributed by atoms with Crippen LogP contribution < -0.4 is 5.32 Å². The van der Waals surface area contributed by atoms with E-state index in [0.717, 1.165) is 17.7 Å². The molecular formula is C21H21F3N2O3. The maximum absolute atomic E-state index is 12.8. The minimum Gasteiger partial charge on any atom is -0.481 e. The lowest BCUT2D eigenvalue weighted by atomic mass is 9.97. The van der Waals surface area contributed by atoms with Crippen molar-refractivity contribution in [3.63, 3.8) is 0 Å². The Morgan fingerprint density at radius 3 is 2.41 bits per heavy atom. The molecular weight excluding hydrogens is 385 g/mol. The summed E-state index contributed by atoms with van der Waals surface area (Å²) in [6.45, 7) is 1.97. The maximum atomic E-state index is 12.8. The first-order chi connectivity index (χ1) is 13.7. The first-order valence-corrected chi connectivity index (χ1v) is 9.25. The Balaban J connectivity index is 1.63.